The zero-order valence-electron chi connectivity index (χ0n) is 11.6. The van der Waals surface area contributed by atoms with Gasteiger partial charge in [-0.2, -0.15) is 0 Å². The lowest BCUT2D eigenvalue weighted by Gasteiger charge is -2.35. The van der Waals surface area contributed by atoms with E-state index in [-0.39, 0.29) is 18.1 Å². The molecule has 4 nitrogen and oxygen atoms in total. The van der Waals surface area contributed by atoms with E-state index in [1.165, 1.54) is 12.8 Å². The van der Waals surface area contributed by atoms with Gasteiger partial charge in [0.2, 0.25) is 5.91 Å². The Hall–Kier alpha value is -0.610. The molecule has 2 aliphatic rings. The summed E-state index contributed by atoms with van der Waals surface area (Å²) in [4.78, 5) is 12.1. The van der Waals surface area contributed by atoms with Crippen LogP contribution in [0.1, 0.15) is 52.4 Å². The number of nitrogens with two attached hydrogens (primary N) is 1. The summed E-state index contributed by atoms with van der Waals surface area (Å²) < 4.78 is 5.62. The van der Waals surface area contributed by atoms with Crippen molar-refractivity contribution in [3.63, 3.8) is 0 Å². The molecule has 0 radical (unpaired) electrons. The van der Waals surface area contributed by atoms with Crippen LogP contribution in [0.4, 0.5) is 0 Å². The normalized spacial score (nSPS) is 32.4. The fourth-order valence-corrected chi connectivity index (χ4v) is 2.91. The molecule has 1 aliphatic heterocycles. The molecule has 0 aromatic rings. The fourth-order valence-electron chi connectivity index (χ4n) is 2.91. The largest absolute Gasteiger partial charge is 0.364 e. The molecule has 1 saturated carbocycles. The second kappa shape index (κ2) is 5.57. The summed E-state index contributed by atoms with van der Waals surface area (Å²) in [5, 5.41) is 3.14. The van der Waals surface area contributed by atoms with Crippen LogP contribution in [0.2, 0.25) is 0 Å². The van der Waals surface area contributed by atoms with E-state index in [4.69, 9.17) is 10.5 Å². The first-order valence-electron chi connectivity index (χ1n) is 7.16. The zero-order chi connectivity index (χ0) is 13.2. The van der Waals surface area contributed by atoms with Gasteiger partial charge < -0.3 is 15.8 Å². The van der Waals surface area contributed by atoms with Gasteiger partial charge in [-0.25, -0.2) is 0 Å². The van der Waals surface area contributed by atoms with Crippen molar-refractivity contribution in [1.82, 2.24) is 5.32 Å². The summed E-state index contributed by atoms with van der Waals surface area (Å²) in [5.41, 5.74) is 5.99. The van der Waals surface area contributed by atoms with E-state index in [1.54, 1.807) is 0 Å². The molecule has 0 spiro atoms. The number of amides is 1. The maximum Gasteiger partial charge on any atom is 0.249 e. The van der Waals surface area contributed by atoms with Crippen LogP contribution in [0.25, 0.3) is 0 Å². The third-order valence-electron chi connectivity index (χ3n) is 4.35. The Bertz CT molecular complexity index is 294. The van der Waals surface area contributed by atoms with E-state index in [9.17, 15) is 4.79 Å². The van der Waals surface area contributed by atoms with E-state index in [0.29, 0.717) is 18.0 Å². The molecule has 1 amide bonds. The van der Waals surface area contributed by atoms with Crippen molar-refractivity contribution in [1.29, 1.82) is 0 Å². The van der Waals surface area contributed by atoms with Gasteiger partial charge in [-0.05, 0) is 43.9 Å². The van der Waals surface area contributed by atoms with Crippen molar-refractivity contribution in [2.24, 2.45) is 11.1 Å². The van der Waals surface area contributed by atoms with E-state index in [0.717, 1.165) is 25.7 Å². The van der Waals surface area contributed by atoms with Gasteiger partial charge in [-0.3, -0.25) is 4.79 Å². The first-order chi connectivity index (χ1) is 8.50. The highest BCUT2D eigenvalue weighted by atomic mass is 16.5. The highest BCUT2D eigenvalue weighted by Crippen LogP contribution is 2.35. The van der Waals surface area contributed by atoms with Crippen LogP contribution >= 0.6 is 0 Å². The maximum atomic E-state index is 12.1. The van der Waals surface area contributed by atoms with E-state index in [2.05, 4.69) is 19.2 Å². The van der Waals surface area contributed by atoms with Crippen LogP contribution in [-0.4, -0.2) is 30.7 Å². The van der Waals surface area contributed by atoms with E-state index < -0.39 is 0 Å². The Morgan fingerprint density at radius 2 is 1.94 bits per heavy atom. The fraction of sp³-hybridized carbons (Fsp3) is 0.929. The minimum Gasteiger partial charge on any atom is -0.364 e. The van der Waals surface area contributed by atoms with Crippen LogP contribution < -0.4 is 11.1 Å². The molecule has 2 unspecified atom stereocenters. The predicted molar refractivity (Wildman–Crippen MR) is 71.1 cm³/mol. The second-order valence-electron chi connectivity index (χ2n) is 6.51. The van der Waals surface area contributed by atoms with Crippen LogP contribution in [0, 0.1) is 5.41 Å². The molecule has 18 heavy (non-hydrogen) atoms. The maximum absolute atomic E-state index is 12.1. The molecule has 0 bridgehead atoms. The van der Waals surface area contributed by atoms with E-state index >= 15 is 0 Å². The molecular weight excluding hydrogens is 228 g/mol. The minimum absolute atomic E-state index is 0.0654. The number of carbonyl (C=O) groups is 1. The minimum atomic E-state index is -0.270. The number of nitrogens with one attached hydrogen (secondary N) is 1. The van der Waals surface area contributed by atoms with Gasteiger partial charge in [-0.15, -0.1) is 0 Å². The smallest absolute Gasteiger partial charge is 0.249 e. The van der Waals surface area contributed by atoms with Crippen LogP contribution in [0.5, 0.6) is 0 Å². The topological polar surface area (TPSA) is 64.4 Å². The third-order valence-corrected chi connectivity index (χ3v) is 4.35. The van der Waals surface area contributed by atoms with Crippen molar-refractivity contribution < 1.29 is 9.53 Å². The molecule has 104 valence electrons. The predicted octanol–water partition coefficient (Wildman–Crippen LogP) is 1.58. The monoisotopic (exact) mass is 254 g/mol. The van der Waals surface area contributed by atoms with Crippen LogP contribution in [-0.2, 0) is 9.53 Å². The Balaban J connectivity index is 1.75. The number of hydrogen-bond acceptors (Lipinski definition) is 3. The molecule has 1 aliphatic carbocycles. The number of carbonyl (C=O) groups excluding carboxylic acids is 1. The van der Waals surface area contributed by atoms with Gasteiger partial charge in [-0.1, -0.05) is 13.8 Å². The molecule has 2 fully saturated rings. The first kappa shape index (κ1) is 13.8. The molecule has 0 aromatic carbocycles. The van der Waals surface area contributed by atoms with Gasteiger partial charge >= 0.3 is 0 Å². The molecule has 0 aromatic heterocycles. The van der Waals surface area contributed by atoms with Crippen molar-refractivity contribution in [3.8, 4) is 0 Å². The van der Waals surface area contributed by atoms with E-state index in [1.807, 2.05) is 0 Å². The summed E-state index contributed by atoms with van der Waals surface area (Å²) in [5.74, 6) is 0.0654. The van der Waals surface area contributed by atoms with Gasteiger partial charge in [0.05, 0.1) is 6.10 Å². The molecule has 3 N–H and O–H groups in total. The summed E-state index contributed by atoms with van der Waals surface area (Å²) in [6.07, 6.45) is 6.08. The average molecular weight is 254 g/mol. The molecule has 1 heterocycles. The lowest BCUT2D eigenvalue weighted by Crippen LogP contribution is -2.44. The average Bonchev–Trinajstić information content (AvgIpc) is 2.80. The zero-order valence-corrected chi connectivity index (χ0v) is 11.6. The second-order valence-corrected chi connectivity index (χ2v) is 6.51. The summed E-state index contributed by atoms with van der Waals surface area (Å²) in [6, 6.07) is 0.339. The molecule has 4 heteroatoms. The molecule has 2 atom stereocenters. The number of hydrogen-bond donors (Lipinski definition) is 2. The summed E-state index contributed by atoms with van der Waals surface area (Å²) in [7, 11) is 0. The summed E-state index contributed by atoms with van der Waals surface area (Å²) >= 11 is 0. The Morgan fingerprint density at radius 3 is 2.50 bits per heavy atom. The van der Waals surface area contributed by atoms with Gasteiger partial charge in [0.15, 0.2) is 0 Å². The number of rotatable bonds is 3. The van der Waals surface area contributed by atoms with Crippen LogP contribution in [0.3, 0.4) is 0 Å². The van der Waals surface area contributed by atoms with Crippen molar-refractivity contribution in [2.75, 3.05) is 6.54 Å². The van der Waals surface area contributed by atoms with Crippen molar-refractivity contribution in [2.45, 2.75) is 70.6 Å². The van der Waals surface area contributed by atoms with Crippen molar-refractivity contribution >= 4 is 5.91 Å². The standard InChI is InChI=1S/C14H26N2O2/c1-14(2)7-5-10(6-8-14)16-13(17)12-4-3-11(9-15)18-12/h10-12H,3-9,15H2,1-2H3,(H,16,17). The highest BCUT2D eigenvalue weighted by molar-refractivity contribution is 5.81. The van der Waals surface area contributed by atoms with Gasteiger partial charge in [0.25, 0.3) is 0 Å². The number of ether oxygens (including phenoxy) is 1. The lowest BCUT2D eigenvalue weighted by atomic mass is 9.75. The molecule has 1 saturated heterocycles. The quantitative estimate of drug-likeness (QED) is 0.803. The molecular formula is C14H26N2O2. The highest BCUT2D eigenvalue weighted by Gasteiger charge is 2.33. The Morgan fingerprint density at radius 1 is 1.28 bits per heavy atom. The van der Waals surface area contributed by atoms with Gasteiger partial charge in [0, 0.05) is 12.6 Å². The van der Waals surface area contributed by atoms with Gasteiger partial charge in [0.1, 0.15) is 6.10 Å². The Kier molecular flexibility index (Phi) is 4.28. The molecule has 2 rings (SSSR count). The van der Waals surface area contributed by atoms with Crippen LogP contribution in [0.15, 0.2) is 0 Å². The SMILES string of the molecule is CC1(C)CCC(NC(=O)C2CCC(CN)O2)CC1. The van der Waals surface area contributed by atoms with Crippen molar-refractivity contribution in [3.05, 3.63) is 0 Å². The summed E-state index contributed by atoms with van der Waals surface area (Å²) in [6.45, 7) is 5.12. The lowest BCUT2D eigenvalue weighted by molar-refractivity contribution is -0.133. The third kappa shape index (κ3) is 3.45. The first-order valence-corrected chi connectivity index (χ1v) is 7.16. The Labute approximate surface area is 110 Å².